The van der Waals surface area contributed by atoms with Gasteiger partial charge in [0.05, 0.1) is 29.8 Å². The minimum absolute atomic E-state index is 0.270. The number of ether oxygens (including phenoxy) is 1. The Morgan fingerprint density at radius 2 is 2.13 bits per heavy atom. The molecule has 2 aromatic heterocycles. The van der Waals surface area contributed by atoms with Gasteiger partial charge in [-0.05, 0) is 44.2 Å². The number of carbonyl (C=O) groups excluding carboxylic acids is 1. The lowest BCUT2D eigenvalue weighted by atomic mass is 10.2. The number of methoxy groups -OCH3 is 1. The number of halogens is 1. The third-order valence-electron chi connectivity index (χ3n) is 4.57. The topological polar surface area (TPSA) is 81.1 Å². The van der Waals surface area contributed by atoms with Gasteiger partial charge < -0.3 is 13.7 Å². The Morgan fingerprint density at radius 3 is 2.77 bits per heavy atom. The summed E-state index contributed by atoms with van der Waals surface area (Å²) < 4.78 is 15.8. The Kier molecular flexibility index (Phi) is 5.69. The molecule has 1 aromatic carbocycles. The van der Waals surface area contributed by atoms with Crippen LogP contribution in [0.1, 0.15) is 22.8 Å². The molecule has 7 nitrogen and oxygen atoms in total. The van der Waals surface area contributed by atoms with Gasteiger partial charge in [0, 0.05) is 17.4 Å². The number of thioether (sulfide) groups is 1. The Bertz CT molecular complexity index is 1130. The van der Waals surface area contributed by atoms with Crippen molar-refractivity contribution < 1.29 is 18.5 Å². The standard InChI is InChI=1S/C21H18ClN3O4S/c1-12-16(13(2)29-24-12)11-30-21-23-18(10-15-5-4-8-28-15)20(26)25(21)14-6-7-19(27-3)17(22)9-14/h4-10H,11H2,1-3H3/b18-10-. The van der Waals surface area contributed by atoms with Gasteiger partial charge in [0.1, 0.15) is 23.0 Å². The van der Waals surface area contributed by atoms with Gasteiger partial charge in [0.25, 0.3) is 5.91 Å². The van der Waals surface area contributed by atoms with E-state index in [9.17, 15) is 4.79 Å². The summed E-state index contributed by atoms with van der Waals surface area (Å²) >= 11 is 7.71. The fraction of sp³-hybridized carbons (Fsp3) is 0.190. The Morgan fingerprint density at radius 1 is 1.30 bits per heavy atom. The molecule has 3 heterocycles. The number of amidine groups is 1. The molecule has 1 aliphatic rings. The third kappa shape index (κ3) is 3.88. The van der Waals surface area contributed by atoms with E-state index in [1.54, 1.807) is 49.8 Å². The number of hydrogen-bond acceptors (Lipinski definition) is 7. The molecule has 0 atom stereocenters. The van der Waals surface area contributed by atoms with Crippen LogP contribution in [0.5, 0.6) is 5.75 Å². The smallest absolute Gasteiger partial charge is 0.283 e. The van der Waals surface area contributed by atoms with E-state index in [0.717, 1.165) is 17.0 Å². The van der Waals surface area contributed by atoms with Gasteiger partial charge >= 0.3 is 0 Å². The molecule has 1 amide bonds. The van der Waals surface area contributed by atoms with E-state index < -0.39 is 0 Å². The fourth-order valence-electron chi connectivity index (χ4n) is 2.97. The molecular formula is C21H18ClN3O4S. The summed E-state index contributed by atoms with van der Waals surface area (Å²) in [5, 5.41) is 4.92. The van der Waals surface area contributed by atoms with Gasteiger partial charge in [0.15, 0.2) is 5.17 Å². The van der Waals surface area contributed by atoms with Crippen LogP contribution in [0.2, 0.25) is 5.02 Å². The van der Waals surface area contributed by atoms with Crippen molar-refractivity contribution in [1.29, 1.82) is 0 Å². The molecule has 1 aliphatic heterocycles. The quantitative estimate of drug-likeness (QED) is 0.502. The van der Waals surface area contributed by atoms with Crippen LogP contribution in [0, 0.1) is 13.8 Å². The molecule has 154 valence electrons. The number of rotatable bonds is 5. The van der Waals surface area contributed by atoms with Crippen LogP contribution in [-0.4, -0.2) is 23.3 Å². The predicted octanol–water partition coefficient (Wildman–Crippen LogP) is 5.22. The second-order valence-corrected chi connectivity index (χ2v) is 7.84. The lowest BCUT2D eigenvalue weighted by Crippen LogP contribution is -2.30. The molecule has 9 heteroatoms. The number of aliphatic imine (C=N–C) groups is 1. The number of benzene rings is 1. The van der Waals surface area contributed by atoms with Crippen molar-refractivity contribution in [2.24, 2.45) is 4.99 Å². The maximum atomic E-state index is 13.2. The third-order valence-corrected chi connectivity index (χ3v) is 5.83. The summed E-state index contributed by atoms with van der Waals surface area (Å²) in [6, 6.07) is 8.68. The van der Waals surface area contributed by atoms with Crippen molar-refractivity contribution in [3.8, 4) is 5.75 Å². The van der Waals surface area contributed by atoms with Gasteiger partial charge in [-0.15, -0.1) is 0 Å². The minimum atomic E-state index is -0.270. The highest BCUT2D eigenvalue weighted by Gasteiger charge is 2.33. The zero-order valence-corrected chi connectivity index (χ0v) is 18.1. The Hall–Kier alpha value is -2.97. The summed E-state index contributed by atoms with van der Waals surface area (Å²) in [5.41, 5.74) is 2.67. The average molecular weight is 444 g/mol. The first kappa shape index (κ1) is 20.3. The zero-order valence-electron chi connectivity index (χ0n) is 16.5. The average Bonchev–Trinajstić information content (AvgIpc) is 3.42. The van der Waals surface area contributed by atoms with Crippen LogP contribution < -0.4 is 9.64 Å². The molecule has 0 unspecified atom stereocenters. The van der Waals surface area contributed by atoms with Crippen LogP contribution in [0.4, 0.5) is 5.69 Å². The SMILES string of the molecule is COc1ccc(N2C(=O)/C(=C/c3ccco3)N=C2SCc2c(C)noc2C)cc1Cl. The van der Waals surface area contributed by atoms with Crippen LogP contribution in [0.25, 0.3) is 6.08 Å². The summed E-state index contributed by atoms with van der Waals surface area (Å²) in [6.45, 7) is 3.75. The molecule has 0 radical (unpaired) electrons. The number of nitrogens with zero attached hydrogens (tertiary/aromatic N) is 3. The van der Waals surface area contributed by atoms with Gasteiger partial charge in [0.2, 0.25) is 0 Å². The van der Waals surface area contributed by atoms with E-state index in [1.165, 1.54) is 16.7 Å². The van der Waals surface area contributed by atoms with E-state index in [2.05, 4.69) is 10.1 Å². The molecule has 0 bridgehead atoms. The Balaban J connectivity index is 1.69. The summed E-state index contributed by atoms with van der Waals surface area (Å²) in [5.74, 6) is 2.11. The van der Waals surface area contributed by atoms with Crippen molar-refractivity contribution in [2.75, 3.05) is 12.0 Å². The zero-order chi connectivity index (χ0) is 21.3. The minimum Gasteiger partial charge on any atom is -0.495 e. The number of hydrogen-bond donors (Lipinski definition) is 0. The number of aromatic nitrogens is 1. The van der Waals surface area contributed by atoms with Crippen LogP contribution >= 0.6 is 23.4 Å². The van der Waals surface area contributed by atoms with Gasteiger partial charge in [-0.25, -0.2) is 4.99 Å². The molecular weight excluding hydrogens is 426 g/mol. The molecule has 0 saturated heterocycles. The lowest BCUT2D eigenvalue weighted by molar-refractivity contribution is -0.113. The molecule has 4 rings (SSSR count). The number of aryl methyl sites for hydroxylation is 2. The molecule has 0 saturated carbocycles. The summed E-state index contributed by atoms with van der Waals surface area (Å²) in [6.07, 6.45) is 3.16. The fourth-order valence-corrected chi connectivity index (χ4v) is 4.39. The molecule has 0 aliphatic carbocycles. The van der Waals surface area contributed by atoms with Crippen molar-refractivity contribution in [3.63, 3.8) is 0 Å². The highest BCUT2D eigenvalue weighted by molar-refractivity contribution is 8.13. The number of furan rings is 1. The largest absolute Gasteiger partial charge is 0.495 e. The number of amides is 1. The van der Waals surface area contributed by atoms with Crippen LogP contribution in [0.15, 0.2) is 56.2 Å². The summed E-state index contributed by atoms with van der Waals surface area (Å²) in [7, 11) is 1.54. The normalized spacial score (nSPS) is 15.2. The first-order chi connectivity index (χ1) is 14.5. The van der Waals surface area contributed by atoms with Crippen molar-refractivity contribution in [3.05, 3.63) is 70.1 Å². The van der Waals surface area contributed by atoms with Gasteiger partial charge in [-0.3, -0.25) is 9.69 Å². The Labute approximate surface area is 182 Å². The maximum Gasteiger partial charge on any atom is 0.283 e. The van der Waals surface area contributed by atoms with E-state index in [0.29, 0.717) is 33.1 Å². The molecule has 0 fully saturated rings. The highest BCUT2D eigenvalue weighted by atomic mass is 35.5. The van der Waals surface area contributed by atoms with Gasteiger partial charge in [-0.1, -0.05) is 28.5 Å². The van der Waals surface area contributed by atoms with E-state index in [-0.39, 0.29) is 11.6 Å². The molecule has 30 heavy (non-hydrogen) atoms. The molecule has 0 spiro atoms. The summed E-state index contributed by atoms with van der Waals surface area (Å²) in [4.78, 5) is 19.3. The van der Waals surface area contributed by atoms with E-state index in [4.69, 9.17) is 25.3 Å². The van der Waals surface area contributed by atoms with E-state index in [1.807, 2.05) is 13.8 Å². The highest BCUT2D eigenvalue weighted by Crippen LogP contribution is 2.35. The predicted molar refractivity (Wildman–Crippen MR) is 117 cm³/mol. The van der Waals surface area contributed by atoms with Gasteiger partial charge in [-0.2, -0.15) is 0 Å². The molecule has 0 N–H and O–H groups in total. The van der Waals surface area contributed by atoms with Crippen LogP contribution in [-0.2, 0) is 10.5 Å². The lowest BCUT2D eigenvalue weighted by Gasteiger charge is -2.18. The molecule has 3 aromatic rings. The van der Waals surface area contributed by atoms with Crippen molar-refractivity contribution >= 4 is 46.2 Å². The number of anilines is 1. The maximum absolute atomic E-state index is 13.2. The first-order valence-corrected chi connectivity index (χ1v) is 10.4. The first-order valence-electron chi connectivity index (χ1n) is 9.04. The van der Waals surface area contributed by atoms with E-state index >= 15 is 0 Å². The van der Waals surface area contributed by atoms with Crippen molar-refractivity contribution in [1.82, 2.24) is 5.16 Å². The second kappa shape index (κ2) is 8.41. The second-order valence-electron chi connectivity index (χ2n) is 6.49. The monoisotopic (exact) mass is 443 g/mol. The number of carbonyl (C=O) groups is 1. The van der Waals surface area contributed by atoms with Crippen LogP contribution in [0.3, 0.4) is 0 Å². The van der Waals surface area contributed by atoms with Crippen molar-refractivity contribution in [2.45, 2.75) is 19.6 Å².